The molecule has 4 heterocycles. The second kappa shape index (κ2) is 6.22. The molecule has 0 spiro atoms. The summed E-state index contributed by atoms with van der Waals surface area (Å²) in [5.41, 5.74) is 0.865. The van der Waals surface area contributed by atoms with Crippen molar-refractivity contribution in [2.45, 2.75) is 19.4 Å². The summed E-state index contributed by atoms with van der Waals surface area (Å²) in [4.78, 5) is 22.6. The van der Waals surface area contributed by atoms with E-state index in [1.807, 2.05) is 27.1 Å². The Morgan fingerprint density at radius 2 is 2.22 bits per heavy atom. The van der Waals surface area contributed by atoms with Crippen molar-refractivity contribution < 1.29 is 9.53 Å². The minimum absolute atomic E-state index is 0.193. The van der Waals surface area contributed by atoms with E-state index in [0.717, 1.165) is 50.0 Å². The van der Waals surface area contributed by atoms with Crippen molar-refractivity contribution in [2.75, 3.05) is 39.4 Å². The number of hydrogen-bond acceptors (Lipinski definition) is 5. The summed E-state index contributed by atoms with van der Waals surface area (Å²) < 4.78 is 7.42. The lowest BCUT2D eigenvalue weighted by molar-refractivity contribution is -0.129. The van der Waals surface area contributed by atoms with Crippen molar-refractivity contribution in [3.8, 4) is 0 Å². The van der Waals surface area contributed by atoms with Crippen LogP contribution in [-0.2, 0) is 16.0 Å². The zero-order chi connectivity index (χ0) is 15.8. The molecule has 6 nitrogen and oxygen atoms in total. The van der Waals surface area contributed by atoms with Gasteiger partial charge in [-0.25, -0.2) is 4.98 Å². The minimum Gasteiger partial charge on any atom is -0.379 e. The molecule has 2 aliphatic rings. The third-order valence-electron chi connectivity index (χ3n) is 4.92. The van der Waals surface area contributed by atoms with Gasteiger partial charge in [-0.2, -0.15) is 0 Å². The predicted octanol–water partition coefficient (Wildman–Crippen LogP) is 1.12. The van der Waals surface area contributed by atoms with Crippen LogP contribution >= 0.6 is 11.3 Å². The highest BCUT2D eigenvalue weighted by molar-refractivity contribution is 7.15. The molecule has 0 saturated carbocycles. The number of likely N-dealkylation sites (tertiary alicyclic amines) is 1. The highest BCUT2D eigenvalue weighted by Gasteiger charge is 2.36. The van der Waals surface area contributed by atoms with E-state index in [-0.39, 0.29) is 5.91 Å². The van der Waals surface area contributed by atoms with Crippen LogP contribution in [0.2, 0.25) is 0 Å². The first-order valence-electron chi connectivity index (χ1n) is 8.21. The van der Waals surface area contributed by atoms with Crippen molar-refractivity contribution in [1.29, 1.82) is 0 Å². The number of hydrogen-bond donors (Lipinski definition) is 0. The Morgan fingerprint density at radius 3 is 3.00 bits per heavy atom. The number of ether oxygens (including phenoxy) is 1. The Hall–Kier alpha value is -1.44. The van der Waals surface area contributed by atoms with Crippen LogP contribution in [0.1, 0.15) is 12.6 Å². The quantitative estimate of drug-likeness (QED) is 0.844. The maximum Gasteiger partial charge on any atom is 0.228 e. The lowest BCUT2D eigenvalue weighted by Gasteiger charge is -2.33. The Kier molecular flexibility index (Phi) is 4.09. The predicted molar refractivity (Wildman–Crippen MR) is 88.7 cm³/mol. The maximum absolute atomic E-state index is 12.6. The molecule has 2 aliphatic heterocycles. The Balaban J connectivity index is 1.39. The number of rotatable bonds is 3. The lowest BCUT2D eigenvalue weighted by Crippen LogP contribution is -2.47. The Bertz CT molecular complexity index is 663. The molecule has 2 aromatic rings. The molecule has 4 rings (SSSR count). The van der Waals surface area contributed by atoms with Crippen LogP contribution in [0.3, 0.4) is 0 Å². The zero-order valence-corrected chi connectivity index (χ0v) is 14.2. The van der Waals surface area contributed by atoms with Crippen molar-refractivity contribution in [3.63, 3.8) is 0 Å². The molecule has 2 atom stereocenters. The van der Waals surface area contributed by atoms with Gasteiger partial charge >= 0.3 is 0 Å². The van der Waals surface area contributed by atoms with Gasteiger partial charge in [0.25, 0.3) is 0 Å². The summed E-state index contributed by atoms with van der Waals surface area (Å²) in [6.07, 6.45) is 4.34. The van der Waals surface area contributed by atoms with Crippen LogP contribution in [0.15, 0.2) is 17.8 Å². The molecule has 2 aromatic heterocycles. The van der Waals surface area contributed by atoms with Gasteiger partial charge in [0.2, 0.25) is 5.91 Å². The number of carbonyl (C=O) groups is 1. The summed E-state index contributed by atoms with van der Waals surface area (Å²) >= 11 is 1.60. The van der Waals surface area contributed by atoms with Crippen LogP contribution in [0, 0.1) is 5.92 Å². The third kappa shape index (κ3) is 3.00. The molecule has 7 heteroatoms. The van der Waals surface area contributed by atoms with E-state index in [9.17, 15) is 4.79 Å². The molecular weight excluding hydrogens is 312 g/mol. The number of aromatic nitrogens is 2. The molecule has 1 amide bonds. The molecule has 0 N–H and O–H groups in total. The van der Waals surface area contributed by atoms with E-state index in [2.05, 4.69) is 16.8 Å². The number of fused-ring (bicyclic) bond motifs is 1. The molecular formula is C16H22N4O2S. The number of morpholine rings is 1. The molecule has 2 fully saturated rings. The van der Waals surface area contributed by atoms with Crippen molar-refractivity contribution in [2.24, 2.45) is 5.92 Å². The number of amides is 1. The standard InChI is InChI=1S/C16H22N4O2S/c1-12-9-20(11-14(12)18-2-5-22-6-3-18)15(21)8-13-10-19-4-7-23-16(19)17-13/h4,7,10,12,14H,2-3,5-6,8-9,11H2,1H3/t12-,14+/m0/s1. The van der Waals surface area contributed by atoms with Gasteiger partial charge in [0.1, 0.15) is 0 Å². The minimum atomic E-state index is 0.193. The van der Waals surface area contributed by atoms with Gasteiger partial charge in [0, 0.05) is 50.0 Å². The van der Waals surface area contributed by atoms with Crippen LogP contribution < -0.4 is 0 Å². The first-order valence-corrected chi connectivity index (χ1v) is 9.09. The highest BCUT2D eigenvalue weighted by atomic mass is 32.1. The fourth-order valence-corrected chi connectivity index (χ4v) is 4.38. The Morgan fingerprint density at radius 1 is 1.39 bits per heavy atom. The van der Waals surface area contributed by atoms with Gasteiger partial charge in [0.05, 0.1) is 25.3 Å². The van der Waals surface area contributed by atoms with Crippen molar-refractivity contribution >= 4 is 22.2 Å². The average molecular weight is 334 g/mol. The molecule has 124 valence electrons. The second-order valence-corrected chi connectivity index (χ2v) is 7.37. The fourth-order valence-electron chi connectivity index (χ4n) is 3.67. The number of thiazole rings is 1. The summed E-state index contributed by atoms with van der Waals surface area (Å²) in [5, 5.41) is 2.00. The van der Waals surface area contributed by atoms with E-state index >= 15 is 0 Å². The molecule has 23 heavy (non-hydrogen) atoms. The average Bonchev–Trinajstić information content (AvgIpc) is 3.22. The van der Waals surface area contributed by atoms with E-state index in [1.54, 1.807) is 11.3 Å². The molecule has 0 aliphatic carbocycles. The summed E-state index contributed by atoms with van der Waals surface area (Å²) in [7, 11) is 0. The third-order valence-corrected chi connectivity index (χ3v) is 5.69. The van der Waals surface area contributed by atoms with Gasteiger partial charge in [-0.1, -0.05) is 6.92 Å². The van der Waals surface area contributed by atoms with E-state index in [1.165, 1.54) is 0 Å². The summed E-state index contributed by atoms with van der Waals surface area (Å²) in [5.74, 6) is 0.709. The van der Waals surface area contributed by atoms with Gasteiger partial charge in [0.15, 0.2) is 4.96 Å². The number of nitrogens with zero attached hydrogens (tertiary/aromatic N) is 4. The fraction of sp³-hybridized carbons (Fsp3) is 0.625. The first-order chi connectivity index (χ1) is 11.2. The molecule has 0 radical (unpaired) electrons. The number of imidazole rings is 1. The smallest absolute Gasteiger partial charge is 0.228 e. The molecule has 0 unspecified atom stereocenters. The van der Waals surface area contributed by atoms with E-state index in [0.29, 0.717) is 18.4 Å². The van der Waals surface area contributed by atoms with Gasteiger partial charge < -0.3 is 9.64 Å². The zero-order valence-electron chi connectivity index (χ0n) is 13.4. The van der Waals surface area contributed by atoms with Gasteiger partial charge in [-0.15, -0.1) is 11.3 Å². The topological polar surface area (TPSA) is 50.1 Å². The SMILES string of the molecule is C[C@H]1CN(C(=O)Cc2cn3ccsc3n2)C[C@H]1N1CCOCC1. The van der Waals surface area contributed by atoms with Crippen LogP contribution in [0.5, 0.6) is 0 Å². The number of carbonyl (C=O) groups excluding carboxylic acids is 1. The van der Waals surface area contributed by atoms with Gasteiger partial charge in [-0.3, -0.25) is 14.1 Å². The lowest BCUT2D eigenvalue weighted by atomic mass is 10.0. The van der Waals surface area contributed by atoms with Gasteiger partial charge in [-0.05, 0) is 5.92 Å². The summed E-state index contributed by atoms with van der Waals surface area (Å²) in [6.45, 7) is 7.51. The first kappa shape index (κ1) is 15.1. The van der Waals surface area contributed by atoms with E-state index in [4.69, 9.17) is 4.74 Å². The molecule has 2 saturated heterocycles. The van der Waals surface area contributed by atoms with Crippen LogP contribution in [0.4, 0.5) is 0 Å². The molecule has 0 bridgehead atoms. The largest absolute Gasteiger partial charge is 0.379 e. The monoisotopic (exact) mass is 334 g/mol. The second-order valence-electron chi connectivity index (χ2n) is 6.49. The van der Waals surface area contributed by atoms with E-state index < -0.39 is 0 Å². The normalized spacial score (nSPS) is 26.2. The van der Waals surface area contributed by atoms with Crippen LogP contribution in [-0.4, -0.2) is 70.5 Å². The summed E-state index contributed by atoms with van der Waals surface area (Å²) in [6, 6.07) is 0.466. The molecule has 0 aromatic carbocycles. The Labute approximate surface area is 139 Å². The maximum atomic E-state index is 12.6. The van der Waals surface area contributed by atoms with Crippen LogP contribution in [0.25, 0.3) is 4.96 Å². The highest BCUT2D eigenvalue weighted by Crippen LogP contribution is 2.23. The van der Waals surface area contributed by atoms with Crippen molar-refractivity contribution in [3.05, 3.63) is 23.5 Å². The van der Waals surface area contributed by atoms with Crippen molar-refractivity contribution in [1.82, 2.24) is 19.2 Å².